The Morgan fingerprint density at radius 1 is 1.22 bits per heavy atom. The van der Waals surface area contributed by atoms with E-state index >= 15 is 0 Å². The molecule has 0 saturated carbocycles. The van der Waals surface area contributed by atoms with Crippen LogP contribution in [0.15, 0.2) is 36.5 Å². The van der Waals surface area contributed by atoms with Gasteiger partial charge in [0.1, 0.15) is 0 Å². The number of anilines is 1. The van der Waals surface area contributed by atoms with Gasteiger partial charge >= 0.3 is 0 Å². The number of aromatic nitrogens is 1. The van der Waals surface area contributed by atoms with Crippen LogP contribution in [0.2, 0.25) is 10.0 Å². The van der Waals surface area contributed by atoms with E-state index in [0.29, 0.717) is 0 Å². The highest BCUT2D eigenvalue weighted by atomic mass is 35.5. The zero-order valence-electron chi connectivity index (χ0n) is 9.69. The molecule has 0 aliphatic heterocycles. The Labute approximate surface area is 115 Å². The number of phenols is 1. The summed E-state index contributed by atoms with van der Waals surface area (Å²) in [5.41, 5.74) is 1.65. The Kier molecular flexibility index (Phi) is 3.94. The minimum Gasteiger partial charge on any atom is -0.505 e. The molecule has 3 nitrogen and oxygen atoms in total. The molecule has 0 saturated heterocycles. The molecule has 18 heavy (non-hydrogen) atoms. The van der Waals surface area contributed by atoms with Crippen LogP contribution in [0, 0.1) is 0 Å². The maximum Gasteiger partial charge on any atom is 0.152 e. The minimum atomic E-state index is -0.102. The lowest BCUT2D eigenvalue weighted by molar-refractivity contribution is 0.476. The third kappa shape index (κ3) is 2.86. The van der Waals surface area contributed by atoms with E-state index in [4.69, 9.17) is 23.2 Å². The van der Waals surface area contributed by atoms with Crippen molar-refractivity contribution in [3.63, 3.8) is 0 Å². The number of rotatable bonds is 3. The van der Waals surface area contributed by atoms with E-state index < -0.39 is 0 Å². The second kappa shape index (κ2) is 5.46. The Bertz CT molecular complexity index is 523. The van der Waals surface area contributed by atoms with Gasteiger partial charge < -0.3 is 10.4 Å². The zero-order valence-corrected chi connectivity index (χ0v) is 11.2. The number of phenolic OH excluding ortho intramolecular Hbond substituents is 1. The normalized spacial score (nSPS) is 12.2. The van der Waals surface area contributed by atoms with Crippen molar-refractivity contribution >= 4 is 28.9 Å². The first-order valence-electron chi connectivity index (χ1n) is 5.43. The van der Waals surface area contributed by atoms with Gasteiger partial charge in [0, 0.05) is 11.9 Å². The molecule has 5 heteroatoms. The Hall–Kier alpha value is -1.45. The maximum atomic E-state index is 9.48. The molecule has 1 heterocycles. The maximum absolute atomic E-state index is 9.48. The van der Waals surface area contributed by atoms with Crippen molar-refractivity contribution in [1.29, 1.82) is 0 Å². The first-order chi connectivity index (χ1) is 8.58. The molecule has 2 aromatic rings. The van der Waals surface area contributed by atoms with Gasteiger partial charge in [-0.15, -0.1) is 0 Å². The number of aromatic hydroxyl groups is 1. The molecule has 1 unspecified atom stereocenters. The highest BCUT2D eigenvalue weighted by Gasteiger charge is 2.10. The van der Waals surface area contributed by atoms with E-state index in [9.17, 15) is 5.11 Å². The number of hydrogen-bond acceptors (Lipinski definition) is 3. The van der Waals surface area contributed by atoms with E-state index in [1.807, 2.05) is 25.1 Å². The second-order valence-corrected chi connectivity index (χ2v) is 4.72. The average Bonchev–Trinajstić information content (AvgIpc) is 2.37. The summed E-state index contributed by atoms with van der Waals surface area (Å²) in [5.74, 6) is -0.102. The lowest BCUT2D eigenvalue weighted by Gasteiger charge is -2.15. The summed E-state index contributed by atoms with van der Waals surface area (Å²) >= 11 is 11.7. The molecule has 1 aromatic carbocycles. The molecular formula is C13H12Cl2N2O. The van der Waals surface area contributed by atoms with Gasteiger partial charge in [-0.2, -0.15) is 0 Å². The third-order valence-electron chi connectivity index (χ3n) is 2.53. The van der Waals surface area contributed by atoms with E-state index in [1.54, 1.807) is 18.3 Å². The Morgan fingerprint density at radius 2 is 1.89 bits per heavy atom. The fraction of sp³-hybridized carbons (Fsp3) is 0.154. The summed E-state index contributed by atoms with van der Waals surface area (Å²) in [5, 5.41) is 13.1. The number of nitrogens with zero attached hydrogens (tertiary/aromatic N) is 1. The van der Waals surface area contributed by atoms with Crippen molar-refractivity contribution in [3.05, 3.63) is 52.3 Å². The molecule has 94 valence electrons. The Morgan fingerprint density at radius 3 is 2.44 bits per heavy atom. The summed E-state index contributed by atoms with van der Waals surface area (Å²) in [6.45, 7) is 1.98. The summed E-state index contributed by atoms with van der Waals surface area (Å²) in [6.07, 6.45) is 1.74. The largest absolute Gasteiger partial charge is 0.505 e. The third-order valence-corrected chi connectivity index (χ3v) is 3.11. The number of nitrogens with one attached hydrogen (secondary N) is 1. The van der Waals surface area contributed by atoms with E-state index in [1.165, 1.54) is 0 Å². The van der Waals surface area contributed by atoms with Crippen LogP contribution < -0.4 is 5.32 Å². The fourth-order valence-corrected chi connectivity index (χ4v) is 2.09. The summed E-state index contributed by atoms with van der Waals surface area (Å²) in [7, 11) is 0. The summed E-state index contributed by atoms with van der Waals surface area (Å²) < 4.78 is 0. The highest BCUT2D eigenvalue weighted by Crippen LogP contribution is 2.35. The first-order valence-corrected chi connectivity index (χ1v) is 6.19. The molecule has 1 atom stereocenters. The zero-order chi connectivity index (χ0) is 13.1. The van der Waals surface area contributed by atoms with Gasteiger partial charge in [0.2, 0.25) is 0 Å². The van der Waals surface area contributed by atoms with E-state index in [0.717, 1.165) is 11.4 Å². The molecule has 1 aromatic heterocycles. The van der Waals surface area contributed by atoms with Crippen LogP contribution in [-0.4, -0.2) is 10.1 Å². The van der Waals surface area contributed by atoms with Crippen LogP contribution in [0.3, 0.4) is 0 Å². The lowest BCUT2D eigenvalue weighted by atomic mass is 10.2. The SMILES string of the molecule is CC(Nc1cc(Cl)c(O)c(Cl)c1)c1ccccn1. The fourth-order valence-electron chi connectivity index (χ4n) is 1.60. The number of hydrogen-bond donors (Lipinski definition) is 2. The molecule has 0 radical (unpaired) electrons. The summed E-state index contributed by atoms with van der Waals surface area (Å²) in [6, 6.07) is 9.00. The van der Waals surface area contributed by atoms with Gasteiger partial charge in [0.25, 0.3) is 0 Å². The predicted molar refractivity (Wildman–Crippen MR) is 74.4 cm³/mol. The monoisotopic (exact) mass is 282 g/mol. The van der Waals surface area contributed by atoms with Crippen molar-refractivity contribution in [2.24, 2.45) is 0 Å². The van der Waals surface area contributed by atoms with E-state index in [-0.39, 0.29) is 21.8 Å². The van der Waals surface area contributed by atoms with Crippen LogP contribution in [0.5, 0.6) is 5.75 Å². The standard InChI is InChI=1S/C13H12Cl2N2O/c1-8(12-4-2-3-5-16-12)17-9-6-10(14)13(18)11(15)7-9/h2-8,17-18H,1H3. The van der Waals surface area contributed by atoms with Gasteiger partial charge in [0.05, 0.1) is 21.8 Å². The molecular weight excluding hydrogens is 271 g/mol. The first kappa shape index (κ1) is 13.0. The number of halogens is 2. The van der Waals surface area contributed by atoms with Gasteiger partial charge in [-0.25, -0.2) is 0 Å². The molecule has 0 fully saturated rings. The minimum absolute atomic E-state index is 0.0166. The molecule has 0 aliphatic rings. The molecule has 2 N–H and O–H groups in total. The average molecular weight is 283 g/mol. The van der Waals surface area contributed by atoms with Crippen molar-refractivity contribution in [3.8, 4) is 5.75 Å². The molecule has 0 aliphatic carbocycles. The van der Waals surface area contributed by atoms with Gasteiger partial charge in [-0.3, -0.25) is 4.98 Å². The molecule has 0 amide bonds. The van der Waals surface area contributed by atoms with Crippen LogP contribution in [-0.2, 0) is 0 Å². The second-order valence-electron chi connectivity index (χ2n) is 3.91. The number of pyridine rings is 1. The topological polar surface area (TPSA) is 45.1 Å². The highest BCUT2D eigenvalue weighted by molar-refractivity contribution is 6.37. The van der Waals surface area contributed by atoms with Gasteiger partial charge in [0.15, 0.2) is 5.75 Å². The van der Waals surface area contributed by atoms with Crippen LogP contribution >= 0.6 is 23.2 Å². The smallest absolute Gasteiger partial charge is 0.152 e. The van der Waals surface area contributed by atoms with Crippen molar-refractivity contribution in [2.45, 2.75) is 13.0 Å². The summed E-state index contributed by atoms with van der Waals surface area (Å²) in [4.78, 5) is 4.26. The van der Waals surface area contributed by atoms with Crippen LogP contribution in [0.1, 0.15) is 18.7 Å². The van der Waals surface area contributed by atoms with Gasteiger partial charge in [-0.1, -0.05) is 29.3 Å². The van der Waals surface area contributed by atoms with Crippen LogP contribution in [0.4, 0.5) is 5.69 Å². The van der Waals surface area contributed by atoms with Crippen molar-refractivity contribution in [2.75, 3.05) is 5.32 Å². The molecule has 0 spiro atoms. The van der Waals surface area contributed by atoms with Crippen molar-refractivity contribution in [1.82, 2.24) is 4.98 Å². The van der Waals surface area contributed by atoms with Gasteiger partial charge in [-0.05, 0) is 31.2 Å². The van der Waals surface area contributed by atoms with Crippen LogP contribution in [0.25, 0.3) is 0 Å². The lowest BCUT2D eigenvalue weighted by Crippen LogP contribution is -2.08. The van der Waals surface area contributed by atoms with Crippen molar-refractivity contribution < 1.29 is 5.11 Å². The molecule has 2 rings (SSSR count). The Balaban J connectivity index is 2.20. The quantitative estimate of drug-likeness (QED) is 0.827. The van der Waals surface area contributed by atoms with E-state index in [2.05, 4.69) is 10.3 Å². The predicted octanol–water partition coefficient (Wildman–Crippen LogP) is 4.27. The number of benzene rings is 1. The molecule has 0 bridgehead atoms.